The minimum atomic E-state index is -1.61. The Morgan fingerprint density at radius 3 is 2.09 bits per heavy atom. The first kappa shape index (κ1) is 9.68. The van der Waals surface area contributed by atoms with Crippen LogP contribution in [-0.2, 0) is 9.59 Å². The van der Waals surface area contributed by atoms with Crippen molar-refractivity contribution in [1.82, 2.24) is 0 Å². The topological polar surface area (TPSA) is 80.3 Å². The third-order valence-electron chi connectivity index (χ3n) is 1.18. The zero-order valence-corrected chi connectivity index (χ0v) is 6.07. The third-order valence-corrected chi connectivity index (χ3v) is 1.18. The lowest BCUT2D eigenvalue weighted by Gasteiger charge is -2.16. The molecule has 62 valence electrons. The fourth-order valence-corrected chi connectivity index (χ4v) is 0.561. The Morgan fingerprint density at radius 1 is 1.36 bits per heavy atom. The molecule has 0 amide bonds. The van der Waals surface area contributed by atoms with Crippen molar-refractivity contribution in [3.05, 3.63) is 12.2 Å². The highest BCUT2D eigenvalue weighted by Crippen LogP contribution is 2.00. The second kappa shape index (κ2) is 4.49. The van der Waals surface area contributed by atoms with Crippen LogP contribution in [0.3, 0.4) is 0 Å². The molecular formula is C7H8O4-2. The van der Waals surface area contributed by atoms with Crippen LogP contribution in [-0.4, -0.2) is 11.9 Å². The maximum absolute atomic E-state index is 10.1. The van der Waals surface area contributed by atoms with Crippen LogP contribution in [0.4, 0.5) is 0 Å². The predicted octanol–water partition coefficient (Wildman–Crippen LogP) is -1.93. The van der Waals surface area contributed by atoms with E-state index in [0.29, 0.717) is 0 Å². The summed E-state index contributed by atoms with van der Waals surface area (Å²) in [5.41, 5.74) is 0. The highest BCUT2D eigenvalue weighted by atomic mass is 16.4. The molecule has 0 aliphatic rings. The standard InChI is InChI=1S/C7H10O4/c1-2-3-4-5(6(8)9)7(10)11/h2-3,5H,4H2,1H3,(H,8,9)(H,10,11)/p-2/b3-2+. The summed E-state index contributed by atoms with van der Waals surface area (Å²) in [5.74, 6) is -4.75. The summed E-state index contributed by atoms with van der Waals surface area (Å²) >= 11 is 0. The van der Waals surface area contributed by atoms with Crippen LogP contribution in [0, 0.1) is 5.92 Å². The maximum Gasteiger partial charge on any atom is 0.0504 e. The molecule has 0 aromatic heterocycles. The zero-order valence-electron chi connectivity index (χ0n) is 6.07. The molecule has 0 aliphatic heterocycles. The van der Waals surface area contributed by atoms with Crippen molar-refractivity contribution in [3.63, 3.8) is 0 Å². The molecule has 0 aromatic carbocycles. The smallest absolute Gasteiger partial charge is 0.0504 e. The minimum absolute atomic E-state index is 0.0822. The first-order valence-electron chi connectivity index (χ1n) is 3.12. The summed E-state index contributed by atoms with van der Waals surface area (Å²) in [5, 5.41) is 20.2. The van der Waals surface area contributed by atoms with Gasteiger partial charge in [0.2, 0.25) is 0 Å². The van der Waals surface area contributed by atoms with Gasteiger partial charge in [-0.2, -0.15) is 0 Å². The fraction of sp³-hybridized carbons (Fsp3) is 0.429. The first-order valence-corrected chi connectivity index (χ1v) is 3.12. The number of allylic oxidation sites excluding steroid dienone is 2. The summed E-state index contributed by atoms with van der Waals surface area (Å²) in [6, 6.07) is 0. The van der Waals surface area contributed by atoms with E-state index in [2.05, 4.69) is 0 Å². The van der Waals surface area contributed by atoms with E-state index in [1.54, 1.807) is 13.0 Å². The van der Waals surface area contributed by atoms with Crippen LogP contribution >= 0.6 is 0 Å². The molecule has 0 saturated carbocycles. The van der Waals surface area contributed by atoms with Crippen molar-refractivity contribution in [2.24, 2.45) is 5.92 Å². The molecule has 0 heterocycles. The van der Waals surface area contributed by atoms with Gasteiger partial charge < -0.3 is 19.8 Å². The first-order chi connectivity index (χ1) is 5.09. The summed E-state index contributed by atoms with van der Waals surface area (Å²) in [7, 11) is 0. The largest absolute Gasteiger partial charge is 0.549 e. The Morgan fingerprint density at radius 2 is 1.82 bits per heavy atom. The Bertz CT molecular complexity index is 169. The van der Waals surface area contributed by atoms with Crippen LogP contribution < -0.4 is 10.2 Å². The molecule has 0 fully saturated rings. The Balaban J connectivity index is 4.12. The highest BCUT2D eigenvalue weighted by molar-refractivity contribution is 5.90. The average molecular weight is 156 g/mol. The Hall–Kier alpha value is -1.32. The molecule has 0 aliphatic carbocycles. The van der Waals surface area contributed by atoms with E-state index in [-0.39, 0.29) is 6.42 Å². The van der Waals surface area contributed by atoms with Gasteiger partial charge in [-0.1, -0.05) is 12.2 Å². The van der Waals surface area contributed by atoms with Crippen molar-refractivity contribution < 1.29 is 19.8 Å². The van der Waals surface area contributed by atoms with Crippen LogP contribution in [0.15, 0.2) is 12.2 Å². The summed E-state index contributed by atoms with van der Waals surface area (Å²) in [6.07, 6.45) is 2.93. The fourth-order valence-electron chi connectivity index (χ4n) is 0.561. The predicted molar refractivity (Wildman–Crippen MR) is 32.9 cm³/mol. The average Bonchev–Trinajstić information content (AvgIpc) is 1.87. The Kier molecular flexibility index (Phi) is 3.95. The van der Waals surface area contributed by atoms with Crippen LogP contribution in [0.2, 0.25) is 0 Å². The van der Waals surface area contributed by atoms with Gasteiger partial charge in [0.05, 0.1) is 11.9 Å². The third kappa shape index (κ3) is 3.40. The SMILES string of the molecule is C/C=C/CC(C(=O)[O-])C(=O)[O-]. The molecule has 4 nitrogen and oxygen atoms in total. The summed E-state index contributed by atoms with van der Waals surface area (Å²) in [6.45, 7) is 1.67. The van der Waals surface area contributed by atoms with Crippen LogP contribution in [0.25, 0.3) is 0 Å². The summed E-state index contributed by atoms with van der Waals surface area (Å²) in [4.78, 5) is 20.2. The van der Waals surface area contributed by atoms with Gasteiger partial charge >= 0.3 is 0 Å². The lowest BCUT2D eigenvalue weighted by Crippen LogP contribution is -2.43. The molecule has 0 saturated heterocycles. The van der Waals surface area contributed by atoms with Gasteiger partial charge in [-0.05, 0) is 13.3 Å². The highest BCUT2D eigenvalue weighted by Gasteiger charge is 2.07. The van der Waals surface area contributed by atoms with E-state index in [0.717, 1.165) is 0 Å². The molecule has 0 spiro atoms. The van der Waals surface area contributed by atoms with Crippen molar-refractivity contribution in [2.45, 2.75) is 13.3 Å². The number of carboxylic acids is 2. The minimum Gasteiger partial charge on any atom is -0.549 e. The van der Waals surface area contributed by atoms with Gasteiger partial charge in [0.1, 0.15) is 0 Å². The molecule has 0 bridgehead atoms. The van der Waals surface area contributed by atoms with E-state index >= 15 is 0 Å². The van der Waals surface area contributed by atoms with E-state index < -0.39 is 17.9 Å². The van der Waals surface area contributed by atoms with Crippen LogP contribution in [0.1, 0.15) is 13.3 Å². The second-order valence-electron chi connectivity index (χ2n) is 2.00. The van der Waals surface area contributed by atoms with E-state index in [9.17, 15) is 19.8 Å². The Labute approximate surface area is 64.2 Å². The molecule has 0 N–H and O–H groups in total. The number of carbonyl (C=O) groups is 2. The van der Waals surface area contributed by atoms with Gasteiger partial charge in [-0.25, -0.2) is 0 Å². The normalized spacial score (nSPS) is 10.7. The number of rotatable bonds is 4. The van der Waals surface area contributed by atoms with Crippen molar-refractivity contribution in [1.29, 1.82) is 0 Å². The molecule has 0 aromatic rings. The molecule has 11 heavy (non-hydrogen) atoms. The number of aliphatic carboxylic acids is 2. The summed E-state index contributed by atoms with van der Waals surface area (Å²) < 4.78 is 0. The number of carbonyl (C=O) groups excluding carboxylic acids is 2. The van der Waals surface area contributed by atoms with E-state index in [1.807, 2.05) is 0 Å². The monoisotopic (exact) mass is 156 g/mol. The number of hydrogen-bond donors (Lipinski definition) is 0. The zero-order chi connectivity index (χ0) is 8.85. The number of carboxylic acid groups (broad SMARTS) is 2. The van der Waals surface area contributed by atoms with Gasteiger partial charge in [0.15, 0.2) is 0 Å². The van der Waals surface area contributed by atoms with E-state index in [1.165, 1.54) is 6.08 Å². The quantitative estimate of drug-likeness (QED) is 0.350. The molecule has 0 radical (unpaired) electrons. The number of hydrogen-bond acceptors (Lipinski definition) is 4. The lowest BCUT2D eigenvalue weighted by molar-refractivity contribution is -0.331. The molecule has 0 atom stereocenters. The van der Waals surface area contributed by atoms with Gasteiger partial charge in [-0.3, -0.25) is 0 Å². The van der Waals surface area contributed by atoms with Gasteiger partial charge in [0, 0.05) is 5.92 Å². The van der Waals surface area contributed by atoms with Crippen molar-refractivity contribution in [2.75, 3.05) is 0 Å². The maximum atomic E-state index is 10.1. The molecular weight excluding hydrogens is 148 g/mol. The van der Waals surface area contributed by atoms with Crippen molar-refractivity contribution >= 4 is 11.9 Å². The van der Waals surface area contributed by atoms with E-state index in [4.69, 9.17) is 0 Å². The van der Waals surface area contributed by atoms with Crippen molar-refractivity contribution in [3.8, 4) is 0 Å². The molecule has 0 unspecified atom stereocenters. The van der Waals surface area contributed by atoms with Gasteiger partial charge in [0.25, 0.3) is 0 Å². The molecule has 0 rings (SSSR count). The second-order valence-corrected chi connectivity index (χ2v) is 2.00. The lowest BCUT2D eigenvalue weighted by atomic mass is 10.1. The van der Waals surface area contributed by atoms with Gasteiger partial charge in [-0.15, -0.1) is 0 Å². The van der Waals surface area contributed by atoms with Crippen LogP contribution in [0.5, 0.6) is 0 Å². The molecule has 4 heteroatoms.